The zero-order valence-electron chi connectivity index (χ0n) is 11.2. The van der Waals surface area contributed by atoms with Gasteiger partial charge in [-0.3, -0.25) is 9.59 Å². The van der Waals surface area contributed by atoms with E-state index in [1.807, 2.05) is 6.07 Å². The monoisotopic (exact) mass is 280 g/mol. The van der Waals surface area contributed by atoms with Crippen molar-refractivity contribution in [3.63, 3.8) is 0 Å². The molecular weight excluding hydrogens is 260 g/mol. The third-order valence-corrected chi connectivity index (χ3v) is 4.67. The van der Waals surface area contributed by atoms with Crippen molar-refractivity contribution in [1.82, 2.24) is 5.32 Å². The Kier molecular flexibility index (Phi) is 4.58. The summed E-state index contributed by atoms with van der Waals surface area (Å²) in [4.78, 5) is 24.7. The number of carbonyl (C=O) groups excluding carboxylic acids is 2. The van der Waals surface area contributed by atoms with Crippen molar-refractivity contribution in [1.29, 1.82) is 0 Å². The van der Waals surface area contributed by atoms with Gasteiger partial charge < -0.3 is 11.1 Å². The van der Waals surface area contributed by atoms with Crippen molar-refractivity contribution in [2.24, 2.45) is 11.7 Å². The van der Waals surface area contributed by atoms with E-state index in [0.717, 1.165) is 17.7 Å². The van der Waals surface area contributed by atoms with Crippen molar-refractivity contribution in [2.75, 3.05) is 6.54 Å². The number of nitrogens with two attached hydrogens (primary N) is 1. The minimum Gasteiger partial charge on any atom is -0.370 e. The maximum absolute atomic E-state index is 12.0. The highest BCUT2D eigenvalue weighted by molar-refractivity contribution is 7.14. The standard InChI is InChI=1S/C14H20N2O2S/c1-9-4-5-11-10(7-9)8-12(19-11)14(18)16-6-2-3-13(15)17/h8-9H,2-7H2,1H3,(H2,15,17)(H,16,18). The second kappa shape index (κ2) is 6.19. The smallest absolute Gasteiger partial charge is 0.261 e. The van der Waals surface area contributed by atoms with E-state index in [0.29, 0.717) is 25.3 Å². The molecule has 1 aromatic heterocycles. The summed E-state index contributed by atoms with van der Waals surface area (Å²) >= 11 is 1.61. The molecule has 3 N–H and O–H groups in total. The van der Waals surface area contributed by atoms with E-state index in [-0.39, 0.29) is 11.8 Å². The van der Waals surface area contributed by atoms with E-state index < -0.39 is 0 Å². The number of rotatable bonds is 5. The number of fused-ring (bicyclic) bond motifs is 1. The molecule has 2 amide bonds. The zero-order chi connectivity index (χ0) is 13.8. The van der Waals surface area contributed by atoms with Crippen LogP contribution >= 0.6 is 11.3 Å². The van der Waals surface area contributed by atoms with Gasteiger partial charge in [-0.15, -0.1) is 11.3 Å². The predicted octanol–water partition coefficient (Wildman–Crippen LogP) is 1.87. The molecule has 0 bridgehead atoms. The summed E-state index contributed by atoms with van der Waals surface area (Å²) in [7, 11) is 0. The summed E-state index contributed by atoms with van der Waals surface area (Å²) < 4.78 is 0. The lowest BCUT2D eigenvalue weighted by Gasteiger charge is -2.16. The molecule has 1 heterocycles. The van der Waals surface area contributed by atoms with Crippen molar-refractivity contribution < 1.29 is 9.59 Å². The fourth-order valence-corrected chi connectivity index (χ4v) is 3.49. The third kappa shape index (κ3) is 3.80. The molecule has 1 aliphatic carbocycles. The van der Waals surface area contributed by atoms with Crippen LogP contribution in [0.5, 0.6) is 0 Å². The summed E-state index contributed by atoms with van der Waals surface area (Å²) in [6, 6.07) is 2.03. The first-order chi connectivity index (χ1) is 9.06. The lowest BCUT2D eigenvalue weighted by atomic mass is 9.90. The molecule has 104 valence electrons. The Bertz CT molecular complexity index is 482. The normalized spacial score (nSPS) is 17.8. The first kappa shape index (κ1) is 14.1. The van der Waals surface area contributed by atoms with Crippen molar-refractivity contribution in [2.45, 2.75) is 39.0 Å². The van der Waals surface area contributed by atoms with Crippen LogP contribution < -0.4 is 11.1 Å². The average Bonchev–Trinajstić information content (AvgIpc) is 2.77. The van der Waals surface area contributed by atoms with Crippen molar-refractivity contribution in [3.8, 4) is 0 Å². The van der Waals surface area contributed by atoms with E-state index in [2.05, 4.69) is 12.2 Å². The van der Waals surface area contributed by atoms with Gasteiger partial charge in [-0.05, 0) is 43.2 Å². The molecule has 0 saturated carbocycles. The largest absolute Gasteiger partial charge is 0.370 e. The fraction of sp³-hybridized carbons (Fsp3) is 0.571. The van der Waals surface area contributed by atoms with E-state index in [9.17, 15) is 9.59 Å². The SMILES string of the molecule is CC1CCc2sc(C(=O)NCCCC(N)=O)cc2C1. The van der Waals surface area contributed by atoms with Crippen LogP contribution in [0.25, 0.3) is 0 Å². The summed E-state index contributed by atoms with van der Waals surface area (Å²) in [6.45, 7) is 2.75. The number of primary amides is 1. The van der Waals surface area contributed by atoms with Crippen LogP contribution in [0.1, 0.15) is 46.3 Å². The molecule has 19 heavy (non-hydrogen) atoms. The second-order valence-corrected chi connectivity index (χ2v) is 6.37. The minimum atomic E-state index is -0.324. The van der Waals surface area contributed by atoms with Gasteiger partial charge in [-0.2, -0.15) is 0 Å². The fourth-order valence-electron chi connectivity index (χ4n) is 2.37. The van der Waals surface area contributed by atoms with E-state index in [1.54, 1.807) is 11.3 Å². The second-order valence-electron chi connectivity index (χ2n) is 5.23. The number of nitrogens with one attached hydrogen (secondary N) is 1. The molecule has 1 unspecified atom stereocenters. The molecule has 4 nitrogen and oxygen atoms in total. The number of thiophene rings is 1. The van der Waals surface area contributed by atoms with Crippen LogP contribution in [0.4, 0.5) is 0 Å². The predicted molar refractivity (Wildman–Crippen MR) is 76.3 cm³/mol. The average molecular weight is 280 g/mol. The Hall–Kier alpha value is -1.36. The molecule has 0 saturated heterocycles. The third-order valence-electron chi connectivity index (χ3n) is 3.44. The van der Waals surface area contributed by atoms with Crippen molar-refractivity contribution >= 4 is 23.2 Å². The van der Waals surface area contributed by atoms with Gasteiger partial charge in [-0.25, -0.2) is 0 Å². The number of hydrogen-bond donors (Lipinski definition) is 2. The van der Waals surface area contributed by atoms with Crippen LogP contribution in [0.15, 0.2) is 6.07 Å². The Balaban J connectivity index is 1.88. The van der Waals surface area contributed by atoms with Crippen LogP contribution in [0.3, 0.4) is 0 Å². The number of aryl methyl sites for hydroxylation is 1. The Labute approximate surface area is 117 Å². The van der Waals surface area contributed by atoms with Crippen LogP contribution in [-0.2, 0) is 17.6 Å². The number of hydrogen-bond acceptors (Lipinski definition) is 3. The van der Waals surface area contributed by atoms with Gasteiger partial charge in [0.05, 0.1) is 4.88 Å². The highest BCUT2D eigenvalue weighted by Crippen LogP contribution is 2.32. The minimum absolute atomic E-state index is 0.0310. The maximum Gasteiger partial charge on any atom is 0.261 e. The van der Waals surface area contributed by atoms with E-state index in [4.69, 9.17) is 5.73 Å². The molecule has 0 aliphatic heterocycles. The van der Waals surface area contributed by atoms with Gasteiger partial charge in [0.1, 0.15) is 0 Å². The highest BCUT2D eigenvalue weighted by atomic mass is 32.1. The summed E-state index contributed by atoms with van der Waals surface area (Å²) in [5.41, 5.74) is 6.39. The molecule has 5 heteroatoms. The lowest BCUT2D eigenvalue weighted by molar-refractivity contribution is -0.118. The molecule has 0 radical (unpaired) electrons. The van der Waals surface area contributed by atoms with Gasteiger partial charge in [0, 0.05) is 17.8 Å². The summed E-state index contributed by atoms with van der Waals surface area (Å²) in [5.74, 6) is 0.361. The van der Waals surface area contributed by atoms with Crippen molar-refractivity contribution in [3.05, 3.63) is 21.4 Å². The zero-order valence-corrected chi connectivity index (χ0v) is 12.0. The maximum atomic E-state index is 12.0. The molecule has 1 aliphatic rings. The highest BCUT2D eigenvalue weighted by Gasteiger charge is 2.20. The van der Waals surface area contributed by atoms with Gasteiger partial charge >= 0.3 is 0 Å². The first-order valence-electron chi connectivity index (χ1n) is 6.74. The molecular formula is C14H20N2O2S. The quantitative estimate of drug-likeness (QED) is 0.808. The van der Waals surface area contributed by atoms with Gasteiger partial charge in [-0.1, -0.05) is 6.92 Å². The van der Waals surface area contributed by atoms with E-state index in [1.165, 1.54) is 16.9 Å². The lowest BCUT2D eigenvalue weighted by Crippen LogP contribution is -2.24. The molecule has 0 aromatic carbocycles. The molecule has 0 spiro atoms. The number of amides is 2. The molecule has 2 rings (SSSR count). The first-order valence-corrected chi connectivity index (χ1v) is 7.56. The van der Waals surface area contributed by atoms with Crippen LogP contribution in [0, 0.1) is 5.92 Å². The Morgan fingerprint density at radius 1 is 1.53 bits per heavy atom. The summed E-state index contributed by atoms with van der Waals surface area (Å²) in [5, 5.41) is 2.84. The summed E-state index contributed by atoms with van der Waals surface area (Å²) in [6.07, 6.45) is 4.31. The van der Waals surface area contributed by atoms with Gasteiger partial charge in [0.15, 0.2) is 0 Å². The number of carbonyl (C=O) groups is 2. The topological polar surface area (TPSA) is 72.2 Å². The van der Waals surface area contributed by atoms with E-state index >= 15 is 0 Å². The molecule has 1 atom stereocenters. The van der Waals surface area contributed by atoms with Crippen LogP contribution in [0.2, 0.25) is 0 Å². The molecule has 1 aromatic rings. The van der Waals surface area contributed by atoms with Crippen LogP contribution in [-0.4, -0.2) is 18.4 Å². The van der Waals surface area contributed by atoms with Gasteiger partial charge in [0.25, 0.3) is 5.91 Å². The Morgan fingerprint density at radius 3 is 3.05 bits per heavy atom. The van der Waals surface area contributed by atoms with Gasteiger partial charge in [0.2, 0.25) is 5.91 Å². The molecule has 0 fully saturated rings. The Morgan fingerprint density at radius 2 is 2.32 bits per heavy atom.